The summed E-state index contributed by atoms with van der Waals surface area (Å²) in [5.74, 6) is 1.66. The molecule has 0 heterocycles. The van der Waals surface area contributed by atoms with E-state index in [1.165, 1.54) is 5.56 Å². The van der Waals surface area contributed by atoms with E-state index in [1.54, 1.807) is 12.1 Å². The van der Waals surface area contributed by atoms with E-state index in [0.29, 0.717) is 61.7 Å². The third-order valence-electron chi connectivity index (χ3n) is 14.1. The van der Waals surface area contributed by atoms with Gasteiger partial charge >= 0.3 is 5.97 Å². The Morgan fingerprint density at radius 1 is 0.384 bits per heavy atom. The minimum Gasteiger partial charge on any atom is -0.493 e. The molecule has 0 aromatic heterocycles. The zero-order valence-electron chi connectivity index (χ0n) is 45.2. The van der Waals surface area contributed by atoms with Crippen molar-refractivity contribution in [2.24, 2.45) is 4.99 Å². The zero-order valence-corrected chi connectivity index (χ0v) is 45.2. The molecule has 374 valence electrons. The van der Waals surface area contributed by atoms with E-state index in [2.05, 4.69) is 146 Å². The fourth-order valence-corrected chi connectivity index (χ4v) is 9.86. The van der Waals surface area contributed by atoms with Crippen LogP contribution in [0.3, 0.4) is 0 Å². The van der Waals surface area contributed by atoms with Crippen molar-refractivity contribution in [2.45, 2.75) is 131 Å². The Labute approximate surface area is 430 Å². The van der Waals surface area contributed by atoms with Gasteiger partial charge in [0.2, 0.25) is 5.90 Å². The molecular weight excluding hydrogens is 903 g/mol. The van der Waals surface area contributed by atoms with Gasteiger partial charge in [-0.3, -0.25) is 0 Å². The molecule has 0 aliphatic heterocycles. The molecule has 7 heteroatoms. The average molecular weight is 972 g/mol. The first-order chi connectivity index (χ1) is 34.1. The quantitative estimate of drug-likeness (QED) is 0.0647. The monoisotopic (exact) mass is 972 g/mol. The summed E-state index contributed by atoms with van der Waals surface area (Å²) in [6.45, 7) is 32.4. The molecule has 7 nitrogen and oxygen atoms in total. The summed E-state index contributed by atoms with van der Waals surface area (Å²) in [7, 11) is 0. The molecule has 9 aromatic rings. The van der Waals surface area contributed by atoms with Crippen molar-refractivity contribution in [3.8, 4) is 34.5 Å². The highest BCUT2D eigenvalue weighted by Gasteiger charge is 2.30. The molecular formula is C66H69NO6. The smallest absolute Gasteiger partial charge is 0.336 e. The summed E-state index contributed by atoms with van der Waals surface area (Å²) in [4.78, 5) is 19.0. The molecule has 9 rings (SSSR count). The van der Waals surface area contributed by atoms with Crippen molar-refractivity contribution < 1.29 is 29.2 Å². The fourth-order valence-electron chi connectivity index (χ4n) is 9.86. The van der Waals surface area contributed by atoms with Crippen LogP contribution in [-0.4, -0.2) is 22.1 Å². The lowest BCUT2D eigenvalue weighted by atomic mass is 9.81. The number of carboxylic acid groups (broad SMARTS) is 1. The van der Waals surface area contributed by atoms with Gasteiger partial charge in [-0.25, -0.2) is 9.79 Å². The Balaban J connectivity index is 1.41. The van der Waals surface area contributed by atoms with Crippen LogP contribution < -0.4 is 14.2 Å². The van der Waals surface area contributed by atoms with E-state index in [9.17, 15) is 15.0 Å². The molecule has 2 N–H and O–H groups in total. The molecule has 0 amide bonds. The van der Waals surface area contributed by atoms with Crippen molar-refractivity contribution in [3.63, 3.8) is 0 Å². The molecule has 73 heavy (non-hydrogen) atoms. The number of carboxylic acids is 1. The SMILES string of the molecule is CC(C)(C)c1ccc(Oc2ccc3c4c(Oc5ccc(C(C)(C)C)cc5)cc(C(=O)O)c5c(C(O)=Nc6cc(C(C)(C)C)ccc6C(C)(C)C)cc(Oc6ccc(C(C)(C)C)cc6)c(c6cccc2c36)c54)cc1. The molecule has 0 aliphatic carbocycles. The first kappa shape index (κ1) is 50.6. The molecule has 0 saturated heterocycles. The molecule has 0 spiro atoms. The van der Waals surface area contributed by atoms with Crippen molar-refractivity contribution in [2.75, 3.05) is 0 Å². The molecule has 0 aliphatic rings. The fraction of sp³-hybridized carbons (Fsp3) is 0.303. The number of carbonyl (C=O) groups is 1. The summed E-state index contributed by atoms with van der Waals surface area (Å²) in [6, 6.07) is 43.9. The topological polar surface area (TPSA) is 97.6 Å². The van der Waals surface area contributed by atoms with Crippen molar-refractivity contribution >= 4 is 60.6 Å². The second-order valence-corrected chi connectivity index (χ2v) is 24.8. The third kappa shape index (κ3) is 9.82. The van der Waals surface area contributed by atoms with E-state index in [-0.39, 0.29) is 44.1 Å². The highest BCUT2D eigenvalue weighted by atomic mass is 16.5. The number of aliphatic hydroxyl groups is 1. The Morgan fingerprint density at radius 3 is 1.23 bits per heavy atom. The van der Waals surface area contributed by atoms with Gasteiger partial charge < -0.3 is 24.4 Å². The van der Waals surface area contributed by atoms with Gasteiger partial charge in [0.25, 0.3) is 0 Å². The van der Waals surface area contributed by atoms with Crippen LogP contribution in [0.5, 0.6) is 34.5 Å². The van der Waals surface area contributed by atoms with E-state index in [1.807, 2.05) is 78.9 Å². The summed E-state index contributed by atoms with van der Waals surface area (Å²) in [5, 5.41) is 29.7. The maximum absolute atomic E-state index is 14.0. The lowest BCUT2D eigenvalue weighted by Gasteiger charge is -2.26. The number of aliphatic hydroxyl groups excluding tert-OH is 1. The molecule has 0 radical (unpaired) electrons. The Hall–Kier alpha value is -7.38. The second-order valence-electron chi connectivity index (χ2n) is 24.8. The maximum Gasteiger partial charge on any atom is 0.336 e. The molecule has 0 unspecified atom stereocenters. The molecule has 0 bridgehead atoms. The largest absolute Gasteiger partial charge is 0.493 e. The van der Waals surface area contributed by atoms with Crippen molar-refractivity contribution in [1.29, 1.82) is 0 Å². The minimum atomic E-state index is -1.19. The van der Waals surface area contributed by atoms with E-state index >= 15 is 0 Å². The lowest BCUT2D eigenvalue weighted by Crippen LogP contribution is -2.15. The van der Waals surface area contributed by atoms with Crippen LogP contribution in [0, 0.1) is 0 Å². The Morgan fingerprint density at radius 2 is 0.795 bits per heavy atom. The van der Waals surface area contributed by atoms with Gasteiger partial charge in [-0.15, -0.1) is 0 Å². The van der Waals surface area contributed by atoms with Gasteiger partial charge in [0, 0.05) is 37.9 Å². The van der Waals surface area contributed by atoms with Gasteiger partial charge in [0.05, 0.1) is 11.3 Å². The van der Waals surface area contributed by atoms with E-state index in [4.69, 9.17) is 19.2 Å². The van der Waals surface area contributed by atoms with Crippen LogP contribution in [0.15, 0.2) is 138 Å². The predicted molar refractivity (Wildman–Crippen MR) is 303 cm³/mol. The van der Waals surface area contributed by atoms with Crippen LogP contribution >= 0.6 is 0 Å². The number of rotatable bonds is 9. The molecule has 0 saturated carbocycles. The number of benzene rings is 9. The average Bonchev–Trinajstić information content (AvgIpc) is 3.30. The van der Waals surface area contributed by atoms with Crippen LogP contribution in [0.1, 0.15) is 148 Å². The third-order valence-corrected chi connectivity index (χ3v) is 14.1. The standard InChI is InChI=1S/C66H69NO6/c1-62(2,3)38-19-26-42(27-20-38)71-52-34-32-47-55-45(52)17-16-18-46(55)57-53(72-43-28-21-39(22-29-43)63(4,5)6)36-48(60(68)67-51-35-41(65(10,11)12)25-33-50(51)66(13,14)15)56-49(61(69)70)37-54(58(47)59(56)57)73-44-30-23-40(24-31-44)64(7,8)9/h16-37H,1-15H3,(H,67,68)(H,69,70). The minimum absolute atomic E-state index is 0.0221. The number of nitrogens with zero attached hydrogens (tertiary/aromatic N) is 1. The summed E-state index contributed by atoms with van der Waals surface area (Å²) in [6.07, 6.45) is 0. The van der Waals surface area contributed by atoms with Gasteiger partial charge in [-0.2, -0.15) is 0 Å². The summed E-state index contributed by atoms with van der Waals surface area (Å²) in [5.41, 5.74) is 5.41. The zero-order chi connectivity index (χ0) is 52.7. The van der Waals surface area contributed by atoms with E-state index in [0.717, 1.165) is 43.8 Å². The van der Waals surface area contributed by atoms with Crippen LogP contribution in [0.25, 0.3) is 43.1 Å². The molecule has 9 aromatic carbocycles. The number of aromatic carboxylic acids is 1. The highest BCUT2D eigenvalue weighted by Crippen LogP contribution is 2.52. The maximum atomic E-state index is 14.0. The molecule has 0 fully saturated rings. The summed E-state index contributed by atoms with van der Waals surface area (Å²) < 4.78 is 20.8. The van der Waals surface area contributed by atoms with E-state index < -0.39 is 5.97 Å². The Bertz CT molecular complexity index is 3580. The number of hydrogen-bond donors (Lipinski definition) is 2. The summed E-state index contributed by atoms with van der Waals surface area (Å²) >= 11 is 0. The number of aliphatic imine (C=N–C) groups is 1. The highest BCUT2D eigenvalue weighted by molar-refractivity contribution is 6.39. The first-order valence-corrected chi connectivity index (χ1v) is 25.3. The van der Waals surface area contributed by atoms with Crippen LogP contribution in [0.2, 0.25) is 0 Å². The second kappa shape index (κ2) is 18.0. The normalized spacial score (nSPS) is 13.1. The lowest BCUT2D eigenvalue weighted by molar-refractivity contribution is 0.0698. The van der Waals surface area contributed by atoms with Crippen molar-refractivity contribution in [1.82, 2.24) is 0 Å². The van der Waals surface area contributed by atoms with Crippen molar-refractivity contribution in [3.05, 3.63) is 172 Å². The first-order valence-electron chi connectivity index (χ1n) is 25.3. The predicted octanol–water partition coefficient (Wildman–Crippen LogP) is 18.9. The van der Waals surface area contributed by atoms with Gasteiger partial charge in [-0.05, 0) is 132 Å². The van der Waals surface area contributed by atoms with Crippen LogP contribution in [-0.2, 0) is 27.1 Å². The van der Waals surface area contributed by atoms with Gasteiger partial charge in [0.1, 0.15) is 34.5 Å². The van der Waals surface area contributed by atoms with Gasteiger partial charge in [0.15, 0.2) is 0 Å². The Kier molecular flexibility index (Phi) is 12.5. The number of fused-ring (bicyclic) bond motifs is 2. The number of ether oxygens (including phenoxy) is 3. The molecule has 0 atom stereocenters. The van der Waals surface area contributed by atoms with Crippen LogP contribution in [0.4, 0.5) is 5.69 Å². The van der Waals surface area contributed by atoms with Gasteiger partial charge in [-0.1, -0.05) is 171 Å². The number of hydrogen-bond acceptors (Lipinski definition) is 5.